The molecule has 31 heavy (non-hydrogen) atoms. The number of carbonyl (C=O) groups is 1. The molecule has 3 heterocycles. The van der Waals surface area contributed by atoms with Crippen LogP contribution in [0.15, 0.2) is 29.1 Å². The molecule has 0 atom stereocenters. The number of aromatic nitrogens is 2. The van der Waals surface area contributed by atoms with E-state index in [1.165, 1.54) is 4.31 Å². The van der Waals surface area contributed by atoms with Crippen molar-refractivity contribution in [2.45, 2.75) is 32.7 Å². The number of amides is 1. The average molecular weight is 448 g/mol. The van der Waals surface area contributed by atoms with Gasteiger partial charge in [0.2, 0.25) is 15.9 Å². The first-order valence-corrected chi connectivity index (χ1v) is 12.5. The summed E-state index contributed by atoms with van der Waals surface area (Å²) in [6.45, 7) is 4.94. The lowest BCUT2D eigenvalue weighted by Crippen LogP contribution is -2.51. The molecule has 0 unspecified atom stereocenters. The van der Waals surface area contributed by atoms with Crippen LogP contribution >= 0.6 is 0 Å². The van der Waals surface area contributed by atoms with Gasteiger partial charge < -0.3 is 14.4 Å². The summed E-state index contributed by atoms with van der Waals surface area (Å²) in [6, 6.07) is 7.51. The van der Waals surface area contributed by atoms with Gasteiger partial charge in [-0.3, -0.25) is 9.59 Å². The maximum atomic E-state index is 13.2. The topological polar surface area (TPSA) is 95.8 Å². The van der Waals surface area contributed by atoms with Crippen LogP contribution in [0.2, 0.25) is 0 Å². The highest BCUT2D eigenvalue weighted by Crippen LogP contribution is 2.19. The molecule has 0 saturated carbocycles. The molecule has 4 rings (SSSR count). The van der Waals surface area contributed by atoms with E-state index in [0.29, 0.717) is 32.0 Å². The van der Waals surface area contributed by atoms with E-state index < -0.39 is 10.0 Å². The number of sulfonamides is 1. The molecule has 2 fully saturated rings. The highest BCUT2D eigenvalue weighted by molar-refractivity contribution is 7.89. The van der Waals surface area contributed by atoms with E-state index >= 15 is 0 Å². The Morgan fingerprint density at radius 3 is 2.39 bits per heavy atom. The summed E-state index contributed by atoms with van der Waals surface area (Å²) in [6.07, 6.45) is 2.28. The monoisotopic (exact) mass is 447 g/mol. The quantitative estimate of drug-likeness (QED) is 0.652. The minimum atomic E-state index is -3.23. The zero-order valence-electron chi connectivity index (χ0n) is 17.9. The molecule has 168 valence electrons. The number of para-hydroxylation sites is 2. The van der Waals surface area contributed by atoms with E-state index in [9.17, 15) is 18.0 Å². The van der Waals surface area contributed by atoms with Gasteiger partial charge in [-0.15, -0.1) is 0 Å². The van der Waals surface area contributed by atoms with Gasteiger partial charge in [0.05, 0.1) is 16.8 Å². The highest BCUT2D eigenvalue weighted by Gasteiger charge is 2.28. The Bertz CT molecular complexity index is 1120. The molecule has 9 nitrogen and oxygen atoms in total. The lowest BCUT2D eigenvalue weighted by molar-refractivity contribution is -0.132. The highest BCUT2D eigenvalue weighted by atomic mass is 32.2. The zero-order chi connectivity index (χ0) is 22.0. The van der Waals surface area contributed by atoms with Crippen LogP contribution in [0.3, 0.4) is 0 Å². The first-order valence-electron chi connectivity index (χ1n) is 10.9. The second kappa shape index (κ2) is 8.96. The molecule has 2 aromatic rings. The number of aryl methyl sites for hydroxylation is 1. The molecule has 1 aromatic carbocycles. The van der Waals surface area contributed by atoms with Crippen molar-refractivity contribution in [2.75, 3.05) is 49.9 Å². The van der Waals surface area contributed by atoms with Gasteiger partial charge in [0.25, 0.3) is 5.56 Å². The van der Waals surface area contributed by atoms with Crippen LogP contribution in [-0.2, 0) is 21.4 Å². The average Bonchev–Trinajstić information content (AvgIpc) is 3.32. The van der Waals surface area contributed by atoms with Crippen molar-refractivity contribution in [3.63, 3.8) is 0 Å². The predicted molar refractivity (Wildman–Crippen MR) is 120 cm³/mol. The summed E-state index contributed by atoms with van der Waals surface area (Å²) in [4.78, 5) is 34.3. The number of anilines is 1. The predicted octanol–water partition coefficient (Wildman–Crippen LogP) is 0.881. The van der Waals surface area contributed by atoms with E-state index in [1.807, 2.05) is 29.2 Å². The number of fused-ring (bicyclic) bond motifs is 1. The van der Waals surface area contributed by atoms with Crippen molar-refractivity contribution in [1.29, 1.82) is 0 Å². The normalized spacial score (nSPS) is 18.1. The van der Waals surface area contributed by atoms with Gasteiger partial charge in [-0.1, -0.05) is 12.1 Å². The van der Waals surface area contributed by atoms with Crippen molar-refractivity contribution >= 4 is 32.8 Å². The molecular weight excluding hydrogens is 418 g/mol. The minimum Gasteiger partial charge on any atom is -0.352 e. The SMILES string of the molecule is CCS(=O)(=O)N1CCN(C(=O)CCn2c(=O)c(N3CCCC3)nc3ccccc32)CC1. The Morgan fingerprint density at radius 2 is 1.71 bits per heavy atom. The van der Waals surface area contributed by atoms with Crippen LogP contribution in [0, 0.1) is 0 Å². The molecule has 0 N–H and O–H groups in total. The van der Waals surface area contributed by atoms with Gasteiger partial charge in [0.15, 0.2) is 5.82 Å². The van der Waals surface area contributed by atoms with Gasteiger partial charge >= 0.3 is 0 Å². The Balaban J connectivity index is 1.49. The largest absolute Gasteiger partial charge is 0.352 e. The number of piperazine rings is 1. The third-order valence-corrected chi connectivity index (χ3v) is 8.02. The summed E-state index contributed by atoms with van der Waals surface area (Å²) >= 11 is 0. The van der Waals surface area contributed by atoms with Crippen molar-refractivity contribution in [2.24, 2.45) is 0 Å². The number of nitrogens with zero attached hydrogens (tertiary/aromatic N) is 5. The maximum Gasteiger partial charge on any atom is 0.294 e. The molecule has 2 aliphatic heterocycles. The summed E-state index contributed by atoms with van der Waals surface area (Å²) < 4.78 is 27.1. The van der Waals surface area contributed by atoms with Crippen molar-refractivity contribution < 1.29 is 13.2 Å². The lowest BCUT2D eigenvalue weighted by atomic mass is 10.2. The fraction of sp³-hybridized carbons (Fsp3) is 0.571. The molecule has 0 bridgehead atoms. The first-order chi connectivity index (χ1) is 14.9. The van der Waals surface area contributed by atoms with Gasteiger partial charge in [-0.2, -0.15) is 4.31 Å². The Labute approximate surface area is 182 Å². The molecule has 0 aliphatic carbocycles. The van der Waals surface area contributed by atoms with Crippen molar-refractivity contribution in [3.8, 4) is 0 Å². The van der Waals surface area contributed by atoms with E-state index in [2.05, 4.69) is 4.98 Å². The summed E-state index contributed by atoms with van der Waals surface area (Å²) in [7, 11) is -3.23. The van der Waals surface area contributed by atoms with E-state index in [-0.39, 0.29) is 30.2 Å². The maximum absolute atomic E-state index is 13.2. The second-order valence-electron chi connectivity index (χ2n) is 8.01. The molecule has 0 radical (unpaired) electrons. The van der Waals surface area contributed by atoms with Gasteiger partial charge in [0, 0.05) is 52.2 Å². The summed E-state index contributed by atoms with van der Waals surface area (Å²) in [5.41, 5.74) is 1.31. The van der Waals surface area contributed by atoms with Crippen LogP contribution < -0.4 is 10.5 Å². The number of hydrogen-bond acceptors (Lipinski definition) is 6. The van der Waals surface area contributed by atoms with E-state index in [4.69, 9.17) is 0 Å². The Hall–Kier alpha value is -2.46. The van der Waals surface area contributed by atoms with Crippen LogP contribution in [0.25, 0.3) is 11.0 Å². The van der Waals surface area contributed by atoms with E-state index in [1.54, 1.807) is 16.4 Å². The Morgan fingerprint density at radius 1 is 1.03 bits per heavy atom. The number of hydrogen-bond donors (Lipinski definition) is 0. The number of benzene rings is 1. The molecule has 2 aliphatic rings. The van der Waals surface area contributed by atoms with Crippen LogP contribution in [0.1, 0.15) is 26.2 Å². The van der Waals surface area contributed by atoms with Crippen molar-refractivity contribution in [1.82, 2.24) is 18.8 Å². The van der Waals surface area contributed by atoms with Crippen LogP contribution in [0.5, 0.6) is 0 Å². The van der Waals surface area contributed by atoms with E-state index in [0.717, 1.165) is 37.0 Å². The molecule has 1 amide bonds. The first kappa shape index (κ1) is 21.8. The third kappa shape index (κ3) is 4.45. The fourth-order valence-electron chi connectivity index (χ4n) is 4.30. The van der Waals surface area contributed by atoms with Crippen LogP contribution in [-0.4, -0.2) is 78.1 Å². The molecule has 1 aromatic heterocycles. The third-order valence-electron chi connectivity index (χ3n) is 6.14. The lowest BCUT2D eigenvalue weighted by Gasteiger charge is -2.34. The smallest absolute Gasteiger partial charge is 0.294 e. The standard InChI is InChI=1S/C21H29N5O4S/c1-2-31(29,30)25-15-13-23(14-16-25)19(27)9-12-26-18-8-4-3-7-17(18)22-20(21(26)28)24-10-5-6-11-24/h3-4,7-8H,2,5-6,9-16H2,1H3. The van der Waals surface area contributed by atoms with Gasteiger partial charge in [0.1, 0.15) is 0 Å². The summed E-state index contributed by atoms with van der Waals surface area (Å²) in [5, 5.41) is 0. The van der Waals surface area contributed by atoms with Crippen LogP contribution in [0.4, 0.5) is 5.82 Å². The molecule has 0 spiro atoms. The van der Waals surface area contributed by atoms with Gasteiger partial charge in [-0.05, 0) is 31.9 Å². The van der Waals surface area contributed by atoms with Gasteiger partial charge in [-0.25, -0.2) is 13.4 Å². The fourth-order valence-corrected chi connectivity index (χ4v) is 5.38. The Kier molecular flexibility index (Phi) is 6.29. The zero-order valence-corrected chi connectivity index (χ0v) is 18.7. The molecular formula is C21H29N5O4S. The second-order valence-corrected chi connectivity index (χ2v) is 10.3. The summed E-state index contributed by atoms with van der Waals surface area (Å²) in [5.74, 6) is 0.462. The number of rotatable bonds is 6. The molecule has 10 heteroatoms. The number of carbonyl (C=O) groups excluding carboxylic acids is 1. The minimum absolute atomic E-state index is 0.0657. The van der Waals surface area contributed by atoms with Crippen molar-refractivity contribution in [3.05, 3.63) is 34.6 Å². The molecule has 2 saturated heterocycles.